The lowest BCUT2D eigenvalue weighted by atomic mass is 9.98. The summed E-state index contributed by atoms with van der Waals surface area (Å²) in [4.78, 5) is 46.2. The van der Waals surface area contributed by atoms with Crippen LogP contribution in [0.25, 0.3) is 11.0 Å². The van der Waals surface area contributed by atoms with Gasteiger partial charge in [0.2, 0.25) is 23.6 Å². The Morgan fingerprint density at radius 3 is 2.30 bits per heavy atom. The zero-order valence-electron chi connectivity index (χ0n) is 41.1. The summed E-state index contributed by atoms with van der Waals surface area (Å²) in [6.07, 6.45) is 10.4. The number of carbonyl (C=O) groups is 1. The van der Waals surface area contributed by atoms with Gasteiger partial charge in [-0.3, -0.25) is 10.2 Å². The molecule has 21 nitrogen and oxygen atoms in total. The van der Waals surface area contributed by atoms with Crippen LogP contribution >= 0.6 is 8.81 Å². The van der Waals surface area contributed by atoms with Crippen molar-refractivity contribution in [3.63, 3.8) is 0 Å². The summed E-state index contributed by atoms with van der Waals surface area (Å²) in [7, 11) is 3.47. The molecule has 3 fully saturated rings. The number of nitrogens with one attached hydrogen (secondary N) is 3. The molecule has 0 spiro atoms. The van der Waals surface area contributed by atoms with Gasteiger partial charge in [-0.05, 0) is 69.0 Å². The van der Waals surface area contributed by atoms with Gasteiger partial charge in [0.25, 0.3) is 5.95 Å². The molecule has 4 heterocycles. The standard InChI is InChI=1S/C15H25N7O2.C12H17N5O.C10H17N3O.C8H7O2P.C2H6/c1-21(2)15-19-13(24-20-15)7-18-12-9-22(14(23)10-3-4-10)8-11(12)17-6-5-16;1-8(2)17-12(18-15)10-5-3-4-9(6-10)11(14)16-7-13;1-7(2)8-12-9(13-14-8)10(11)5-3-4-6-10;9-11-8-5-6-3-1-2-4-7(6)10-8;1-2/h5-6,10-12,17-18H,3-4,7-9,16H2,1-2H3;3-8H,15H2,1-2H3,(H3,13,14,16);7H,3-6,11H2,1-2H3;1-5,9,11H;1-2H3/b6-5-;;;;. The first-order valence-electron chi connectivity index (χ1n) is 23.2. The van der Waals surface area contributed by atoms with Crippen LogP contribution in [-0.2, 0) is 21.7 Å². The first-order valence-corrected chi connectivity index (χ1v) is 24.2. The molecular weight excluding hydrogens is 902 g/mol. The van der Waals surface area contributed by atoms with E-state index in [0.29, 0.717) is 65.7 Å². The third-order valence-corrected chi connectivity index (χ3v) is 11.3. The number of carbonyl (C=O) groups excluding carboxylic acids is 1. The van der Waals surface area contributed by atoms with E-state index in [9.17, 15) is 4.79 Å². The zero-order valence-corrected chi connectivity index (χ0v) is 42.1. The molecule has 0 bridgehead atoms. The predicted octanol–water partition coefficient (Wildman–Crippen LogP) is 4.87. The average molecular weight is 974 g/mol. The highest BCUT2D eigenvalue weighted by Gasteiger charge is 2.40. The number of fused-ring (bicyclic) bond motifs is 1. The topological polar surface area (TPSA) is 321 Å². The molecule has 3 aliphatic rings. The highest BCUT2D eigenvalue weighted by Crippen LogP contribution is 2.35. The highest BCUT2D eigenvalue weighted by molar-refractivity contribution is 7.40. The molecule has 69 heavy (non-hydrogen) atoms. The van der Waals surface area contributed by atoms with Crippen LogP contribution in [-0.4, -0.2) is 99.4 Å². The van der Waals surface area contributed by atoms with Crippen LogP contribution < -0.4 is 44.1 Å². The van der Waals surface area contributed by atoms with E-state index >= 15 is 0 Å². The van der Waals surface area contributed by atoms with E-state index in [4.69, 9.17) is 51.7 Å². The fourth-order valence-corrected chi connectivity index (χ4v) is 7.52. The van der Waals surface area contributed by atoms with E-state index in [-0.39, 0.29) is 56.1 Å². The molecule has 12 N–H and O–H groups in total. The van der Waals surface area contributed by atoms with Gasteiger partial charge < -0.3 is 60.8 Å². The number of nitrogens with two attached hydrogens (primary N) is 4. The Morgan fingerprint density at radius 2 is 1.72 bits per heavy atom. The van der Waals surface area contributed by atoms with Gasteiger partial charge in [-0.25, -0.2) is 9.98 Å². The third-order valence-electron chi connectivity index (χ3n) is 10.8. The Balaban J connectivity index is 0.000000205. The van der Waals surface area contributed by atoms with Gasteiger partial charge in [-0.15, -0.1) is 0 Å². The number of amidine groups is 1. The molecular formula is C47H72N15O6P. The molecule has 22 heteroatoms. The van der Waals surface area contributed by atoms with Crippen molar-refractivity contribution >= 4 is 55.2 Å². The lowest BCUT2D eigenvalue weighted by molar-refractivity contribution is -0.131. The first kappa shape index (κ1) is 55.3. The zero-order chi connectivity index (χ0) is 50.5. The van der Waals surface area contributed by atoms with E-state index in [2.05, 4.69) is 40.9 Å². The maximum Gasteiger partial charge on any atom is 0.265 e. The Hall–Kier alpha value is -6.25. The van der Waals surface area contributed by atoms with Crippen LogP contribution in [0.5, 0.6) is 0 Å². The lowest BCUT2D eigenvalue weighted by Gasteiger charge is -2.18. The Labute approximate surface area is 406 Å². The molecule has 3 aromatic heterocycles. The molecule has 2 saturated carbocycles. The Bertz CT molecular complexity index is 2390. The predicted molar refractivity (Wildman–Crippen MR) is 272 cm³/mol. The molecule has 0 radical (unpaired) electrons. The van der Waals surface area contributed by atoms with Gasteiger partial charge in [0.05, 0.1) is 26.9 Å². The molecule has 1 amide bonds. The summed E-state index contributed by atoms with van der Waals surface area (Å²) < 4.78 is 15.7. The number of aromatic nitrogens is 4. The lowest BCUT2D eigenvalue weighted by Crippen LogP contribution is -2.45. The Kier molecular flexibility index (Phi) is 22.2. The summed E-state index contributed by atoms with van der Waals surface area (Å²) in [5.74, 6) is 9.03. The number of hydrogen-bond donors (Lipinski definition) is 8. The maximum absolute atomic E-state index is 12.3. The van der Waals surface area contributed by atoms with Crippen LogP contribution in [0.15, 0.2) is 90.4 Å². The van der Waals surface area contributed by atoms with Gasteiger partial charge >= 0.3 is 0 Å². The number of benzene rings is 2. The minimum absolute atomic E-state index is 0.0693. The average Bonchev–Trinajstić information content (AvgIpc) is 3.91. The van der Waals surface area contributed by atoms with Crippen LogP contribution in [0.2, 0.25) is 0 Å². The molecule has 5 aromatic rings. The van der Waals surface area contributed by atoms with Crippen molar-refractivity contribution in [1.29, 1.82) is 5.41 Å². The number of aliphatic imine (C=N–C) groups is 2. The van der Waals surface area contributed by atoms with Gasteiger partial charge in [-0.2, -0.15) is 15.9 Å². The number of rotatable bonds is 14. The number of furan rings is 1. The van der Waals surface area contributed by atoms with Crippen LogP contribution in [0, 0.1) is 11.3 Å². The van der Waals surface area contributed by atoms with Crippen LogP contribution in [0.1, 0.15) is 115 Å². The van der Waals surface area contributed by atoms with Crippen LogP contribution in [0.3, 0.4) is 0 Å². The molecule has 1 saturated heterocycles. The SMILES string of the molecule is CC.CC(C)N=C(ON)c1cccc(C(N)=NC=N)c1.CC(C)c1nc(C2(N)CCCC2)no1.CN(C)c1noc(CNC2CN(C(=O)C3CC3)CC2N/C=C\N)n1.OPc1cc2ccccc2o1. The van der Waals surface area contributed by atoms with Crippen molar-refractivity contribution in [2.24, 2.45) is 39.0 Å². The number of para-hydroxylation sites is 1. The second-order valence-electron chi connectivity index (χ2n) is 17.1. The summed E-state index contributed by atoms with van der Waals surface area (Å²) >= 11 is 0. The Morgan fingerprint density at radius 1 is 1.03 bits per heavy atom. The van der Waals surface area contributed by atoms with Gasteiger partial charge in [0.1, 0.15) is 17.8 Å². The second-order valence-corrected chi connectivity index (χ2v) is 17.8. The number of hydrogen-bond acceptors (Lipinski definition) is 18. The molecule has 3 atom stereocenters. The van der Waals surface area contributed by atoms with E-state index in [1.807, 2.05) is 96.9 Å². The fourth-order valence-electron chi connectivity index (χ4n) is 7.15. The highest BCUT2D eigenvalue weighted by atomic mass is 31.1. The first-order chi connectivity index (χ1) is 33.2. The maximum atomic E-state index is 12.3. The summed E-state index contributed by atoms with van der Waals surface area (Å²) in [5, 5.41) is 22.5. The minimum atomic E-state index is -0.323. The summed E-state index contributed by atoms with van der Waals surface area (Å²) in [6.45, 7) is 13.7. The molecule has 376 valence electrons. The van der Waals surface area contributed by atoms with Crippen molar-refractivity contribution in [1.82, 2.24) is 35.8 Å². The number of likely N-dealkylation sites (tertiary alicyclic amines) is 1. The molecule has 2 aromatic carbocycles. The molecule has 2 aliphatic carbocycles. The normalized spacial score (nSPS) is 17.7. The van der Waals surface area contributed by atoms with E-state index in [0.717, 1.165) is 43.0 Å². The molecule has 1 aliphatic heterocycles. The quantitative estimate of drug-likeness (QED) is 0.0318. The van der Waals surface area contributed by atoms with Crippen molar-refractivity contribution in [3.8, 4) is 0 Å². The number of nitrogens with zero attached hydrogens (tertiary/aromatic N) is 8. The molecule has 8 rings (SSSR count). The van der Waals surface area contributed by atoms with E-state index < -0.39 is 0 Å². The summed E-state index contributed by atoms with van der Waals surface area (Å²) in [6, 6.07) is 17.0. The number of amides is 1. The van der Waals surface area contributed by atoms with Crippen molar-refractivity contribution in [2.45, 2.75) is 116 Å². The minimum Gasteiger partial charge on any atom is -0.454 e. The smallest absolute Gasteiger partial charge is 0.265 e. The van der Waals surface area contributed by atoms with Crippen molar-refractivity contribution < 1.29 is 28.0 Å². The van der Waals surface area contributed by atoms with Gasteiger partial charge in [0.15, 0.2) is 11.3 Å². The van der Waals surface area contributed by atoms with E-state index in [1.54, 1.807) is 29.3 Å². The fraction of sp³-hybridized carbons (Fsp3) is 0.489. The molecule has 3 unspecified atom stereocenters. The van der Waals surface area contributed by atoms with Crippen LogP contribution in [0.4, 0.5) is 5.95 Å². The second kappa shape index (κ2) is 27.7. The third kappa shape index (κ3) is 16.7. The van der Waals surface area contributed by atoms with Crippen molar-refractivity contribution in [3.05, 3.63) is 95.7 Å². The van der Waals surface area contributed by atoms with E-state index in [1.165, 1.54) is 19.0 Å². The number of anilines is 1. The van der Waals surface area contributed by atoms with Gasteiger partial charge in [-0.1, -0.05) is 76.0 Å². The largest absolute Gasteiger partial charge is 0.454 e. The van der Waals surface area contributed by atoms with Crippen molar-refractivity contribution in [2.75, 3.05) is 32.1 Å². The summed E-state index contributed by atoms with van der Waals surface area (Å²) in [5.41, 5.74) is 19.9. The van der Waals surface area contributed by atoms with Gasteiger partial charge in [0, 0.05) is 80.0 Å². The monoisotopic (exact) mass is 974 g/mol.